The molecule has 2 rings (SSSR count). The maximum atomic E-state index is 11.8. The van der Waals surface area contributed by atoms with Gasteiger partial charge in [-0.2, -0.15) is 0 Å². The standard InChI is InChI=1S/C9H7ClN4OS/c1-5-13-14-9(16-5)12-8(15)6-2-3-11-4-7(6)10/h2-4H,1H3,(H,12,14,15). The van der Waals surface area contributed by atoms with Crippen LogP contribution in [0.4, 0.5) is 5.13 Å². The highest BCUT2D eigenvalue weighted by molar-refractivity contribution is 7.15. The highest BCUT2D eigenvalue weighted by atomic mass is 35.5. The highest BCUT2D eigenvalue weighted by Crippen LogP contribution is 2.18. The van der Waals surface area contributed by atoms with Crippen LogP contribution in [0.15, 0.2) is 18.5 Å². The number of hydrogen-bond donors (Lipinski definition) is 1. The quantitative estimate of drug-likeness (QED) is 0.892. The summed E-state index contributed by atoms with van der Waals surface area (Å²) in [5.41, 5.74) is 0.365. The molecular formula is C9H7ClN4OS. The van der Waals surface area contributed by atoms with Gasteiger partial charge >= 0.3 is 0 Å². The molecule has 0 fully saturated rings. The Bertz CT molecular complexity index is 528. The summed E-state index contributed by atoms with van der Waals surface area (Å²) in [7, 11) is 0. The van der Waals surface area contributed by atoms with Gasteiger partial charge in [-0.25, -0.2) is 0 Å². The average molecular weight is 255 g/mol. The van der Waals surface area contributed by atoms with Crippen LogP contribution in [0.25, 0.3) is 0 Å². The Morgan fingerprint density at radius 2 is 2.31 bits per heavy atom. The van der Waals surface area contributed by atoms with E-state index in [1.807, 2.05) is 6.92 Å². The van der Waals surface area contributed by atoms with Gasteiger partial charge in [0.15, 0.2) is 0 Å². The first-order valence-electron chi connectivity index (χ1n) is 4.38. The number of hydrogen-bond acceptors (Lipinski definition) is 5. The minimum atomic E-state index is -0.316. The van der Waals surface area contributed by atoms with Crippen molar-refractivity contribution >= 4 is 34.0 Å². The van der Waals surface area contributed by atoms with E-state index in [2.05, 4.69) is 20.5 Å². The maximum absolute atomic E-state index is 11.8. The van der Waals surface area contributed by atoms with E-state index in [9.17, 15) is 4.79 Å². The lowest BCUT2D eigenvalue weighted by molar-refractivity contribution is 0.102. The second-order valence-corrected chi connectivity index (χ2v) is 4.52. The fourth-order valence-electron chi connectivity index (χ4n) is 1.07. The van der Waals surface area contributed by atoms with Crippen molar-refractivity contribution in [2.45, 2.75) is 6.92 Å². The predicted molar refractivity (Wildman–Crippen MR) is 61.8 cm³/mol. The molecule has 7 heteroatoms. The molecule has 2 aromatic heterocycles. The number of halogens is 1. The molecule has 0 aliphatic heterocycles. The van der Waals surface area contributed by atoms with Crippen LogP contribution >= 0.6 is 22.9 Å². The summed E-state index contributed by atoms with van der Waals surface area (Å²) in [6.45, 7) is 1.81. The van der Waals surface area contributed by atoms with Crippen molar-refractivity contribution in [3.05, 3.63) is 34.1 Å². The van der Waals surface area contributed by atoms with E-state index in [1.54, 1.807) is 6.07 Å². The molecule has 0 bridgehead atoms. The summed E-state index contributed by atoms with van der Waals surface area (Å²) in [6.07, 6.45) is 2.92. The van der Waals surface area contributed by atoms with Crippen molar-refractivity contribution in [2.75, 3.05) is 5.32 Å². The van der Waals surface area contributed by atoms with Gasteiger partial charge in [0.2, 0.25) is 5.13 Å². The number of aryl methyl sites for hydroxylation is 1. The number of carbonyl (C=O) groups excluding carboxylic acids is 1. The van der Waals surface area contributed by atoms with Gasteiger partial charge in [0.25, 0.3) is 5.91 Å². The Kier molecular flexibility index (Phi) is 3.12. The third-order valence-electron chi connectivity index (χ3n) is 1.76. The Morgan fingerprint density at radius 1 is 1.50 bits per heavy atom. The zero-order chi connectivity index (χ0) is 11.5. The Hall–Kier alpha value is -1.53. The smallest absolute Gasteiger partial charge is 0.259 e. The topological polar surface area (TPSA) is 67.8 Å². The third-order valence-corrected chi connectivity index (χ3v) is 2.82. The molecule has 82 valence electrons. The van der Waals surface area contributed by atoms with E-state index in [1.165, 1.54) is 23.7 Å². The zero-order valence-electron chi connectivity index (χ0n) is 8.27. The second kappa shape index (κ2) is 4.54. The van der Waals surface area contributed by atoms with Crippen molar-refractivity contribution in [2.24, 2.45) is 0 Å². The van der Waals surface area contributed by atoms with Gasteiger partial charge in [0.1, 0.15) is 5.01 Å². The molecular weight excluding hydrogens is 248 g/mol. The average Bonchev–Trinajstić information content (AvgIpc) is 2.64. The summed E-state index contributed by atoms with van der Waals surface area (Å²) in [6, 6.07) is 1.55. The van der Waals surface area contributed by atoms with Gasteiger partial charge in [0.05, 0.1) is 10.6 Å². The highest BCUT2D eigenvalue weighted by Gasteiger charge is 2.12. The van der Waals surface area contributed by atoms with Crippen LogP contribution in [0.2, 0.25) is 5.02 Å². The molecule has 0 aromatic carbocycles. The van der Waals surface area contributed by atoms with Crippen molar-refractivity contribution in [3.63, 3.8) is 0 Å². The lowest BCUT2D eigenvalue weighted by Gasteiger charge is -2.01. The van der Waals surface area contributed by atoms with Crippen molar-refractivity contribution in [1.29, 1.82) is 0 Å². The normalized spacial score (nSPS) is 10.1. The van der Waals surface area contributed by atoms with E-state index >= 15 is 0 Å². The van der Waals surface area contributed by atoms with Gasteiger partial charge in [-0.3, -0.25) is 15.1 Å². The van der Waals surface area contributed by atoms with Gasteiger partial charge in [0, 0.05) is 12.4 Å². The number of nitrogens with one attached hydrogen (secondary N) is 1. The van der Waals surface area contributed by atoms with Crippen LogP contribution < -0.4 is 5.32 Å². The number of aromatic nitrogens is 3. The lowest BCUT2D eigenvalue weighted by atomic mass is 10.2. The van der Waals surface area contributed by atoms with Gasteiger partial charge in [-0.05, 0) is 13.0 Å². The number of nitrogens with zero attached hydrogens (tertiary/aromatic N) is 3. The molecule has 0 aliphatic carbocycles. The van der Waals surface area contributed by atoms with E-state index in [-0.39, 0.29) is 5.91 Å². The summed E-state index contributed by atoms with van der Waals surface area (Å²) >= 11 is 7.14. The molecule has 0 atom stereocenters. The monoisotopic (exact) mass is 254 g/mol. The van der Waals surface area contributed by atoms with Crippen molar-refractivity contribution < 1.29 is 4.79 Å². The van der Waals surface area contributed by atoms with Crippen molar-refractivity contribution in [3.8, 4) is 0 Å². The first kappa shape index (κ1) is 11.0. The fourth-order valence-corrected chi connectivity index (χ4v) is 1.86. The summed E-state index contributed by atoms with van der Waals surface area (Å²) in [5.74, 6) is -0.316. The molecule has 0 unspecified atom stereocenters. The second-order valence-electron chi connectivity index (χ2n) is 2.94. The van der Waals surface area contributed by atoms with E-state index < -0.39 is 0 Å². The summed E-state index contributed by atoms with van der Waals surface area (Å²) < 4.78 is 0. The van der Waals surface area contributed by atoms with Gasteiger partial charge in [-0.15, -0.1) is 10.2 Å². The number of rotatable bonds is 2. The third kappa shape index (κ3) is 2.34. The molecule has 0 aliphatic rings. The minimum absolute atomic E-state index is 0.307. The maximum Gasteiger partial charge on any atom is 0.259 e. The molecule has 2 heterocycles. The van der Waals surface area contributed by atoms with Crippen LogP contribution in [-0.2, 0) is 0 Å². The molecule has 0 radical (unpaired) electrons. The van der Waals surface area contributed by atoms with Crippen LogP contribution in [-0.4, -0.2) is 21.1 Å². The molecule has 1 N–H and O–H groups in total. The SMILES string of the molecule is Cc1nnc(NC(=O)c2ccncc2Cl)s1. The van der Waals surface area contributed by atoms with Crippen LogP contribution in [0.5, 0.6) is 0 Å². The number of anilines is 1. The largest absolute Gasteiger partial charge is 0.296 e. The number of pyridine rings is 1. The fraction of sp³-hybridized carbons (Fsp3) is 0.111. The first-order valence-corrected chi connectivity index (χ1v) is 5.57. The molecule has 1 amide bonds. The van der Waals surface area contributed by atoms with E-state index in [0.717, 1.165) is 5.01 Å². The summed E-state index contributed by atoms with van der Waals surface area (Å²) in [5, 5.41) is 11.7. The Labute approximate surface area is 101 Å². The van der Waals surface area contributed by atoms with Crippen LogP contribution in [0.1, 0.15) is 15.4 Å². The van der Waals surface area contributed by atoms with E-state index in [4.69, 9.17) is 11.6 Å². The predicted octanol–water partition coefficient (Wildman–Crippen LogP) is 2.15. The van der Waals surface area contributed by atoms with E-state index in [0.29, 0.717) is 15.7 Å². The zero-order valence-corrected chi connectivity index (χ0v) is 9.84. The molecule has 5 nitrogen and oxygen atoms in total. The number of amides is 1. The number of carbonyl (C=O) groups is 1. The van der Waals surface area contributed by atoms with Crippen molar-refractivity contribution in [1.82, 2.24) is 15.2 Å². The molecule has 0 spiro atoms. The molecule has 2 aromatic rings. The summed E-state index contributed by atoms with van der Waals surface area (Å²) in [4.78, 5) is 15.6. The molecule has 0 saturated carbocycles. The Balaban J connectivity index is 2.18. The first-order chi connectivity index (χ1) is 7.66. The lowest BCUT2D eigenvalue weighted by Crippen LogP contribution is -2.12. The van der Waals surface area contributed by atoms with Gasteiger partial charge in [-0.1, -0.05) is 22.9 Å². The van der Waals surface area contributed by atoms with Crippen LogP contribution in [0, 0.1) is 6.92 Å². The molecule has 0 saturated heterocycles. The van der Waals surface area contributed by atoms with Crippen LogP contribution in [0.3, 0.4) is 0 Å². The Morgan fingerprint density at radius 3 is 2.94 bits per heavy atom. The molecule has 16 heavy (non-hydrogen) atoms. The van der Waals surface area contributed by atoms with Gasteiger partial charge < -0.3 is 0 Å². The minimum Gasteiger partial charge on any atom is -0.296 e.